The Kier molecular flexibility index (Phi) is 2.72. The molecule has 0 unspecified atom stereocenters. The highest BCUT2D eigenvalue weighted by Crippen LogP contribution is 1.94. The summed E-state index contributed by atoms with van der Waals surface area (Å²) in [7, 11) is 0. The van der Waals surface area contributed by atoms with Crippen LogP contribution in [0.25, 0.3) is 0 Å². The van der Waals surface area contributed by atoms with E-state index in [2.05, 4.69) is 11.6 Å². The van der Waals surface area contributed by atoms with Gasteiger partial charge >= 0.3 is 0 Å². The van der Waals surface area contributed by atoms with E-state index in [4.69, 9.17) is 4.84 Å². The average Bonchev–Trinajstić information content (AvgIpc) is 2.47. The van der Waals surface area contributed by atoms with Gasteiger partial charge in [-0.1, -0.05) is 19.6 Å². The van der Waals surface area contributed by atoms with E-state index in [1.165, 1.54) is 0 Å². The molecule has 1 aromatic heterocycles. The molecule has 60 valence electrons. The van der Waals surface area contributed by atoms with Crippen molar-refractivity contribution >= 4 is 0 Å². The minimum absolute atomic E-state index is 0.517. The molecule has 1 heterocycles. The average molecular weight is 152 g/mol. The number of aromatic nitrogens is 2. The molecule has 0 bridgehead atoms. The largest absolute Gasteiger partial charge is 0.408 e. The Morgan fingerprint density at radius 2 is 2.64 bits per heavy atom. The minimum Gasteiger partial charge on any atom is -0.408 e. The van der Waals surface area contributed by atoms with Crippen molar-refractivity contribution in [2.75, 3.05) is 6.61 Å². The molecule has 0 fully saturated rings. The molecule has 0 aliphatic heterocycles. The normalized spacial score (nSPS) is 9.55. The predicted octanol–water partition coefficient (Wildman–Crippen LogP) is 1.06. The molecule has 0 spiro atoms. The van der Waals surface area contributed by atoms with E-state index in [1.54, 1.807) is 23.2 Å². The Morgan fingerprint density at radius 1 is 1.82 bits per heavy atom. The summed E-state index contributed by atoms with van der Waals surface area (Å²) in [5.74, 6) is 0.937. The molecule has 0 aliphatic rings. The van der Waals surface area contributed by atoms with Gasteiger partial charge in [0.25, 0.3) is 0 Å². The monoisotopic (exact) mass is 152 g/mol. The molecule has 0 saturated heterocycles. The third kappa shape index (κ3) is 1.83. The number of nitrogens with zero attached hydrogens (tertiary/aromatic N) is 2. The van der Waals surface area contributed by atoms with Crippen molar-refractivity contribution in [3.8, 4) is 0 Å². The van der Waals surface area contributed by atoms with E-state index in [0.717, 1.165) is 12.2 Å². The maximum atomic E-state index is 5.25. The van der Waals surface area contributed by atoms with Crippen molar-refractivity contribution in [1.29, 1.82) is 0 Å². The lowest BCUT2D eigenvalue weighted by molar-refractivity contribution is 0.127. The first kappa shape index (κ1) is 7.85. The van der Waals surface area contributed by atoms with Gasteiger partial charge in [-0.05, 0) is 0 Å². The predicted molar refractivity (Wildman–Crippen MR) is 43.2 cm³/mol. The molecule has 0 aliphatic carbocycles. The van der Waals surface area contributed by atoms with Gasteiger partial charge in [0.15, 0.2) is 0 Å². The van der Waals surface area contributed by atoms with Gasteiger partial charge in [-0.3, -0.25) is 0 Å². The van der Waals surface area contributed by atoms with Gasteiger partial charge in [-0.15, -0.1) is 0 Å². The summed E-state index contributed by atoms with van der Waals surface area (Å²) >= 11 is 0. The van der Waals surface area contributed by atoms with Crippen LogP contribution < -0.4 is 4.84 Å². The van der Waals surface area contributed by atoms with Crippen molar-refractivity contribution < 1.29 is 4.84 Å². The summed E-state index contributed by atoms with van der Waals surface area (Å²) in [6.45, 7) is 6.11. The van der Waals surface area contributed by atoms with Gasteiger partial charge in [0.1, 0.15) is 12.4 Å². The molecule has 0 aromatic carbocycles. The first-order valence-corrected chi connectivity index (χ1v) is 3.65. The Hall–Kier alpha value is -1.25. The fourth-order valence-corrected chi connectivity index (χ4v) is 0.821. The molecule has 3 heteroatoms. The SMILES string of the molecule is C=CCOn1ccnc1CC. The van der Waals surface area contributed by atoms with Crippen molar-refractivity contribution in [3.05, 3.63) is 30.9 Å². The molecular formula is C8H12N2O. The number of hydrogen-bond donors (Lipinski definition) is 0. The molecule has 0 atom stereocenters. The summed E-state index contributed by atoms with van der Waals surface area (Å²) in [5, 5.41) is 0. The van der Waals surface area contributed by atoms with E-state index in [0.29, 0.717) is 6.61 Å². The molecule has 3 nitrogen and oxygen atoms in total. The Bertz CT molecular complexity index is 230. The summed E-state index contributed by atoms with van der Waals surface area (Å²) in [5.41, 5.74) is 0. The van der Waals surface area contributed by atoms with Crippen LogP contribution in [-0.2, 0) is 6.42 Å². The zero-order valence-corrected chi connectivity index (χ0v) is 6.66. The van der Waals surface area contributed by atoms with Crippen molar-refractivity contribution in [2.45, 2.75) is 13.3 Å². The van der Waals surface area contributed by atoms with E-state index < -0.39 is 0 Å². The van der Waals surface area contributed by atoms with Crippen LogP contribution in [0.2, 0.25) is 0 Å². The maximum Gasteiger partial charge on any atom is 0.144 e. The quantitative estimate of drug-likeness (QED) is 0.603. The molecule has 1 aromatic rings. The van der Waals surface area contributed by atoms with Crippen molar-refractivity contribution in [2.24, 2.45) is 0 Å². The van der Waals surface area contributed by atoms with Crippen LogP contribution in [-0.4, -0.2) is 16.3 Å². The van der Waals surface area contributed by atoms with E-state index in [9.17, 15) is 0 Å². The van der Waals surface area contributed by atoms with Crippen LogP contribution in [0.15, 0.2) is 25.0 Å². The molecule has 0 amide bonds. The van der Waals surface area contributed by atoms with E-state index in [1.807, 2.05) is 6.92 Å². The highest BCUT2D eigenvalue weighted by molar-refractivity contribution is 4.88. The third-order valence-corrected chi connectivity index (χ3v) is 1.33. The summed E-state index contributed by atoms with van der Waals surface area (Å²) < 4.78 is 1.67. The second-order valence-electron chi connectivity index (χ2n) is 2.11. The highest BCUT2D eigenvalue weighted by atomic mass is 16.7. The lowest BCUT2D eigenvalue weighted by atomic mass is 10.5. The van der Waals surface area contributed by atoms with Crippen LogP contribution in [0.5, 0.6) is 0 Å². The lowest BCUT2D eigenvalue weighted by Crippen LogP contribution is -2.13. The summed E-state index contributed by atoms with van der Waals surface area (Å²) in [4.78, 5) is 9.34. The van der Waals surface area contributed by atoms with Gasteiger partial charge in [-0.25, -0.2) is 4.98 Å². The fraction of sp³-hybridized carbons (Fsp3) is 0.375. The number of rotatable bonds is 4. The minimum atomic E-state index is 0.517. The van der Waals surface area contributed by atoms with Crippen LogP contribution in [0, 0.1) is 0 Å². The first-order chi connectivity index (χ1) is 5.38. The number of hydrogen-bond acceptors (Lipinski definition) is 2. The molecule has 11 heavy (non-hydrogen) atoms. The third-order valence-electron chi connectivity index (χ3n) is 1.33. The van der Waals surface area contributed by atoms with Crippen molar-refractivity contribution in [1.82, 2.24) is 9.71 Å². The lowest BCUT2D eigenvalue weighted by Gasteiger charge is -2.05. The van der Waals surface area contributed by atoms with Crippen LogP contribution in [0.1, 0.15) is 12.7 Å². The van der Waals surface area contributed by atoms with Crippen LogP contribution >= 0.6 is 0 Å². The van der Waals surface area contributed by atoms with Gasteiger partial charge in [-0.2, -0.15) is 4.73 Å². The van der Waals surface area contributed by atoms with Gasteiger partial charge in [0, 0.05) is 12.6 Å². The van der Waals surface area contributed by atoms with E-state index >= 15 is 0 Å². The highest BCUT2D eigenvalue weighted by Gasteiger charge is 1.97. The number of imidazole rings is 1. The second kappa shape index (κ2) is 3.81. The standard InChI is InChI=1S/C8H12N2O/c1-3-7-11-10-6-5-9-8(10)4-2/h3,5-6H,1,4,7H2,2H3. The van der Waals surface area contributed by atoms with Crippen LogP contribution in [0.4, 0.5) is 0 Å². The Labute approximate surface area is 66.3 Å². The van der Waals surface area contributed by atoms with E-state index in [-0.39, 0.29) is 0 Å². The first-order valence-electron chi connectivity index (χ1n) is 3.65. The van der Waals surface area contributed by atoms with Gasteiger partial charge in [0.05, 0.1) is 6.20 Å². The molecule has 0 saturated carbocycles. The Balaban J connectivity index is 2.60. The maximum absolute atomic E-state index is 5.25. The Morgan fingerprint density at radius 3 is 3.27 bits per heavy atom. The number of aryl methyl sites for hydroxylation is 1. The van der Waals surface area contributed by atoms with Gasteiger partial charge < -0.3 is 4.84 Å². The summed E-state index contributed by atoms with van der Waals surface area (Å²) in [6, 6.07) is 0. The van der Waals surface area contributed by atoms with Crippen molar-refractivity contribution in [3.63, 3.8) is 0 Å². The smallest absolute Gasteiger partial charge is 0.144 e. The fourth-order valence-electron chi connectivity index (χ4n) is 0.821. The zero-order valence-electron chi connectivity index (χ0n) is 6.66. The topological polar surface area (TPSA) is 27.1 Å². The second-order valence-corrected chi connectivity index (χ2v) is 2.11. The molecule has 0 radical (unpaired) electrons. The summed E-state index contributed by atoms with van der Waals surface area (Å²) in [6.07, 6.45) is 6.10. The van der Waals surface area contributed by atoms with Crippen LogP contribution in [0.3, 0.4) is 0 Å². The molecule has 0 N–H and O–H groups in total. The molecular weight excluding hydrogens is 140 g/mol. The zero-order chi connectivity index (χ0) is 8.10. The molecule has 1 rings (SSSR count). The van der Waals surface area contributed by atoms with Gasteiger partial charge in [0.2, 0.25) is 0 Å².